The van der Waals surface area contributed by atoms with Crippen LogP contribution in [0.4, 0.5) is 0 Å². The van der Waals surface area contributed by atoms with Crippen LogP contribution in [0.5, 0.6) is 0 Å². The van der Waals surface area contributed by atoms with E-state index in [1.165, 1.54) is 0 Å². The van der Waals surface area contributed by atoms with Crippen molar-refractivity contribution in [3.05, 3.63) is 35.9 Å². The highest BCUT2D eigenvalue weighted by atomic mass is 16.5. The zero-order chi connectivity index (χ0) is 23.1. The van der Waals surface area contributed by atoms with Gasteiger partial charge < -0.3 is 15.2 Å². The van der Waals surface area contributed by atoms with E-state index in [1.54, 1.807) is 6.92 Å². The standard InChI is InChI=1S/C25H36N2O5/c1-3-32-24(31)21(10-9-18-7-5-4-6-8-18)27-17(2)22(28)19-11-13-25(15-19)14-12-20(23(29)30)26-16-25/h4-8,17,19-21,26-27H,3,9-16H2,1-2H3,(H,29,30)/t17?,19?,20-,21-,25?/m0/s1. The Morgan fingerprint density at radius 3 is 2.56 bits per heavy atom. The summed E-state index contributed by atoms with van der Waals surface area (Å²) in [6.45, 7) is 4.58. The zero-order valence-electron chi connectivity index (χ0n) is 19.1. The van der Waals surface area contributed by atoms with Crippen LogP contribution in [0.25, 0.3) is 0 Å². The summed E-state index contributed by atoms with van der Waals surface area (Å²) in [5.74, 6) is -1.04. The van der Waals surface area contributed by atoms with Crippen LogP contribution in [-0.4, -0.2) is 54.1 Å². The maximum absolute atomic E-state index is 13.2. The van der Waals surface area contributed by atoms with Crippen molar-refractivity contribution in [1.82, 2.24) is 10.6 Å². The minimum atomic E-state index is -0.802. The first-order valence-corrected chi connectivity index (χ1v) is 11.8. The highest BCUT2D eigenvalue weighted by Gasteiger charge is 2.45. The number of aryl methyl sites for hydroxylation is 1. The first kappa shape index (κ1) is 24.4. The Bertz CT molecular complexity index is 789. The largest absolute Gasteiger partial charge is 0.480 e. The van der Waals surface area contributed by atoms with Gasteiger partial charge in [-0.15, -0.1) is 0 Å². The van der Waals surface area contributed by atoms with E-state index in [9.17, 15) is 19.5 Å². The molecule has 1 heterocycles. The van der Waals surface area contributed by atoms with Gasteiger partial charge in [0.05, 0.1) is 12.6 Å². The van der Waals surface area contributed by atoms with Crippen molar-refractivity contribution in [2.45, 2.75) is 76.9 Å². The number of aliphatic carboxylic acids is 1. The number of hydrogen-bond donors (Lipinski definition) is 3. The topological polar surface area (TPSA) is 105 Å². The summed E-state index contributed by atoms with van der Waals surface area (Å²) in [5.41, 5.74) is 1.16. The highest BCUT2D eigenvalue weighted by molar-refractivity contribution is 5.87. The van der Waals surface area contributed by atoms with Crippen LogP contribution in [0, 0.1) is 11.3 Å². The van der Waals surface area contributed by atoms with Gasteiger partial charge in [0.1, 0.15) is 12.1 Å². The van der Waals surface area contributed by atoms with Gasteiger partial charge in [0.15, 0.2) is 5.78 Å². The molecule has 1 spiro atoms. The maximum Gasteiger partial charge on any atom is 0.323 e. The Morgan fingerprint density at radius 2 is 1.94 bits per heavy atom. The molecular weight excluding hydrogens is 408 g/mol. The molecule has 7 nitrogen and oxygen atoms in total. The van der Waals surface area contributed by atoms with E-state index in [4.69, 9.17) is 4.74 Å². The first-order chi connectivity index (χ1) is 15.3. The molecule has 176 valence electrons. The minimum Gasteiger partial charge on any atom is -0.480 e. The van der Waals surface area contributed by atoms with Gasteiger partial charge in [-0.2, -0.15) is 0 Å². The molecule has 0 radical (unpaired) electrons. The summed E-state index contributed by atoms with van der Waals surface area (Å²) in [6, 6.07) is 8.52. The van der Waals surface area contributed by atoms with Gasteiger partial charge in [0.2, 0.25) is 0 Å². The summed E-state index contributed by atoms with van der Waals surface area (Å²) in [4.78, 5) is 36.9. The van der Waals surface area contributed by atoms with Crippen LogP contribution in [0.15, 0.2) is 30.3 Å². The third-order valence-electron chi connectivity index (χ3n) is 7.10. The molecule has 0 bridgehead atoms. The van der Waals surface area contributed by atoms with Gasteiger partial charge in [0, 0.05) is 12.5 Å². The van der Waals surface area contributed by atoms with E-state index >= 15 is 0 Å². The number of ketones is 1. The Kier molecular flexibility index (Phi) is 8.43. The van der Waals surface area contributed by atoms with E-state index in [2.05, 4.69) is 10.6 Å². The fourth-order valence-electron chi connectivity index (χ4n) is 5.23. The normalized spacial score (nSPS) is 27.1. The van der Waals surface area contributed by atoms with Crippen molar-refractivity contribution in [3.8, 4) is 0 Å². The molecule has 3 unspecified atom stereocenters. The monoisotopic (exact) mass is 444 g/mol. The molecule has 1 aromatic rings. The molecule has 1 saturated carbocycles. The molecule has 5 atom stereocenters. The fraction of sp³-hybridized carbons (Fsp3) is 0.640. The van der Waals surface area contributed by atoms with Crippen LogP contribution >= 0.6 is 0 Å². The number of carboxylic acids is 1. The number of esters is 1. The summed E-state index contributed by atoms with van der Waals surface area (Å²) >= 11 is 0. The Labute approximate surface area is 190 Å². The van der Waals surface area contributed by atoms with Gasteiger partial charge in [0.25, 0.3) is 0 Å². The lowest BCUT2D eigenvalue weighted by Crippen LogP contribution is -2.49. The lowest BCUT2D eigenvalue weighted by atomic mass is 9.76. The Morgan fingerprint density at radius 1 is 1.22 bits per heavy atom. The number of nitrogens with one attached hydrogen (secondary N) is 2. The number of Topliss-reactive ketones (excluding diaryl/α,β-unsaturated/α-hetero) is 1. The zero-order valence-corrected chi connectivity index (χ0v) is 19.1. The lowest BCUT2D eigenvalue weighted by molar-refractivity contribution is -0.146. The predicted molar refractivity (Wildman–Crippen MR) is 121 cm³/mol. The van der Waals surface area contributed by atoms with Crippen LogP contribution in [-0.2, 0) is 25.5 Å². The Balaban J connectivity index is 1.56. The maximum atomic E-state index is 13.2. The summed E-state index contributed by atoms with van der Waals surface area (Å²) in [5, 5.41) is 15.6. The number of ether oxygens (including phenoxy) is 1. The third-order valence-corrected chi connectivity index (χ3v) is 7.10. The second-order valence-electron chi connectivity index (χ2n) is 9.37. The number of hydrogen-bond acceptors (Lipinski definition) is 6. The number of carboxylic acid groups (broad SMARTS) is 1. The Hall–Kier alpha value is -2.25. The molecular formula is C25H36N2O5. The molecule has 7 heteroatoms. The van der Waals surface area contributed by atoms with E-state index in [1.807, 2.05) is 37.3 Å². The smallest absolute Gasteiger partial charge is 0.323 e. The summed E-state index contributed by atoms with van der Waals surface area (Å²) < 4.78 is 5.25. The number of rotatable bonds is 10. The summed E-state index contributed by atoms with van der Waals surface area (Å²) in [6.07, 6.45) is 5.27. The summed E-state index contributed by atoms with van der Waals surface area (Å²) in [7, 11) is 0. The quantitative estimate of drug-likeness (QED) is 0.477. The van der Waals surface area contributed by atoms with E-state index in [0.717, 1.165) is 37.7 Å². The minimum absolute atomic E-state index is 0.0137. The van der Waals surface area contributed by atoms with Crippen LogP contribution < -0.4 is 10.6 Å². The molecule has 0 amide bonds. The van der Waals surface area contributed by atoms with Crippen molar-refractivity contribution in [1.29, 1.82) is 0 Å². The lowest BCUT2D eigenvalue weighted by Gasteiger charge is -2.37. The number of carbonyl (C=O) groups excluding carboxylic acids is 2. The third kappa shape index (κ3) is 6.17. The molecule has 2 aliphatic rings. The van der Waals surface area contributed by atoms with Crippen LogP contribution in [0.1, 0.15) is 57.9 Å². The number of benzene rings is 1. The molecule has 1 aromatic carbocycles. The van der Waals surface area contributed by atoms with Crippen LogP contribution in [0.2, 0.25) is 0 Å². The van der Waals surface area contributed by atoms with E-state index in [-0.39, 0.29) is 23.1 Å². The fourth-order valence-corrected chi connectivity index (χ4v) is 5.23. The molecule has 1 saturated heterocycles. The molecule has 1 aliphatic carbocycles. The SMILES string of the molecule is CCOC(=O)[C@H](CCc1ccccc1)NC(C)C(=O)C1CCC2(CC[C@@H](C(=O)O)NC2)C1. The first-order valence-electron chi connectivity index (χ1n) is 11.8. The second kappa shape index (κ2) is 11.1. The number of carbonyl (C=O) groups is 3. The number of piperidine rings is 1. The van der Waals surface area contributed by atoms with E-state index < -0.39 is 24.1 Å². The predicted octanol–water partition coefficient (Wildman–Crippen LogP) is 2.72. The van der Waals surface area contributed by atoms with Gasteiger partial charge in [-0.3, -0.25) is 19.7 Å². The van der Waals surface area contributed by atoms with Gasteiger partial charge in [-0.1, -0.05) is 30.3 Å². The van der Waals surface area contributed by atoms with Gasteiger partial charge in [-0.05, 0) is 69.8 Å². The van der Waals surface area contributed by atoms with Gasteiger partial charge in [-0.25, -0.2) is 0 Å². The molecule has 3 N–H and O–H groups in total. The average Bonchev–Trinajstić information content (AvgIpc) is 3.20. The van der Waals surface area contributed by atoms with Crippen molar-refractivity contribution in [2.24, 2.45) is 11.3 Å². The van der Waals surface area contributed by atoms with E-state index in [0.29, 0.717) is 26.0 Å². The molecule has 32 heavy (non-hydrogen) atoms. The van der Waals surface area contributed by atoms with Crippen molar-refractivity contribution >= 4 is 17.7 Å². The van der Waals surface area contributed by atoms with Gasteiger partial charge >= 0.3 is 11.9 Å². The average molecular weight is 445 g/mol. The van der Waals surface area contributed by atoms with Crippen molar-refractivity contribution in [2.75, 3.05) is 13.2 Å². The molecule has 3 rings (SSSR count). The second-order valence-corrected chi connectivity index (χ2v) is 9.37. The van der Waals surface area contributed by atoms with Crippen molar-refractivity contribution < 1.29 is 24.2 Å². The van der Waals surface area contributed by atoms with Crippen molar-refractivity contribution in [3.63, 3.8) is 0 Å². The molecule has 0 aromatic heterocycles. The molecule has 2 fully saturated rings. The molecule has 1 aliphatic heterocycles. The highest BCUT2D eigenvalue weighted by Crippen LogP contribution is 2.47. The van der Waals surface area contributed by atoms with Crippen LogP contribution in [0.3, 0.4) is 0 Å².